The van der Waals surface area contributed by atoms with Gasteiger partial charge in [-0.05, 0) is 67.6 Å². The number of rotatable bonds is 8. The first-order valence-corrected chi connectivity index (χ1v) is 12.7. The molecule has 3 aromatic carbocycles. The lowest BCUT2D eigenvalue weighted by Gasteiger charge is -2.12. The van der Waals surface area contributed by atoms with Gasteiger partial charge >= 0.3 is 0 Å². The average molecular weight is 538 g/mol. The van der Waals surface area contributed by atoms with Gasteiger partial charge in [-0.15, -0.1) is 0 Å². The number of aliphatic imine (C=N–C) groups is 2. The lowest BCUT2D eigenvalue weighted by atomic mass is 10.0. The summed E-state index contributed by atoms with van der Waals surface area (Å²) in [7, 11) is 0. The molecule has 3 aromatic rings. The van der Waals surface area contributed by atoms with Crippen LogP contribution < -0.4 is 27.0 Å². The molecule has 3 amide bonds. The Kier molecular flexibility index (Phi) is 7.36. The first-order chi connectivity index (χ1) is 19.3. The van der Waals surface area contributed by atoms with Crippen LogP contribution in [0.5, 0.6) is 0 Å². The number of benzene rings is 3. The Balaban J connectivity index is 1.30. The quantitative estimate of drug-likeness (QED) is 0.276. The molecule has 2 heterocycles. The van der Waals surface area contributed by atoms with Gasteiger partial charge in [0.25, 0.3) is 11.8 Å². The van der Waals surface area contributed by atoms with Gasteiger partial charge in [-0.1, -0.05) is 0 Å². The summed E-state index contributed by atoms with van der Waals surface area (Å²) >= 11 is 0. The molecule has 40 heavy (non-hydrogen) atoms. The number of hydrogen-bond acceptors (Lipinski definition) is 8. The van der Waals surface area contributed by atoms with E-state index in [4.69, 9.17) is 5.73 Å². The van der Waals surface area contributed by atoms with Crippen LogP contribution in [-0.2, 0) is 0 Å². The first-order valence-electron chi connectivity index (χ1n) is 12.7. The minimum absolute atomic E-state index is 0.132. The number of nitrogens with two attached hydrogens (primary N) is 1. The number of hydrogen-bond donors (Lipinski definition) is 5. The van der Waals surface area contributed by atoms with Crippen molar-refractivity contribution in [2.75, 3.05) is 36.8 Å². The molecule has 5 rings (SSSR count). The van der Waals surface area contributed by atoms with Gasteiger partial charge in [0.1, 0.15) is 11.7 Å². The van der Waals surface area contributed by atoms with Gasteiger partial charge in [0.05, 0.1) is 13.1 Å². The summed E-state index contributed by atoms with van der Waals surface area (Å²) in [4.78, 5) is 58.5. The molecule has 2 aliphatic heterocycles. The first kappa shape index (κ1) is 26.3. The predicted octanol–water partition coefficient (Wildman–Crippen LogP) is 2.19. The second-order valence-electron chi connectivity index (χ2n) is 9.32. The van der Waals surface area contributed by atoms with Crippen LogP contribution in [0.3, 0.4) is 0 Å². The second-order valence-corrected chi connectivity index (χ2v) is 9.32. The van der Waals surface area contributed by atoms with E-state index in [-0.39, 0.29) is 11.3 Å². The van der Waals surface area contributed by atoms with Crippen molar-refractivity contribution < 1.29 is 19.2 Å². The van der Waals surface area contributed by atoms with E-state index in [0.717, 1.165) is 0 Å². The van der Waals surface area contributed by atoms with Crippen molar-refractivity contribution in [2.45, 2.75) is 6.92 Å². The lowest BCUT2D eigenvalue weighted by Crippen LogP contribution is -2.21. The maximum atomic E-state index is 13.0. The van der Waals surface area contributed by atoms with Gasteiger partial charge < -0.3 is 27.0 Å². The minimum atomic E-state index is -0.625. The maximum Gasteiger partial charge on any atom is 0.255 e. The number of Topliss-reactive ketones (excluding diaryl/α,β-unsaturated/α-hetero) is 1. The zero-order valence-corrected chi connectivity index (χ0v) is 21.7. The molecule has 0 atom stereocenters. The number of nitrogens with zero attached hydrogens (tertiary/aromatic N) is 2. The Morgan fingerprint density at radius 1 is 0.675 bits per heavy atom. The molecule has 2 aliphatic rings. The molecule has 11 nitrogen and oxygen atoms in total. The molecule has 0 saturated carbocycles. The van der Waals surface area contributed by atoms with Crippen molar-refractivity contribution in [3.63, 3.8) is 0 Å². The molecular weight excluding hydrogens is 510 g/mol. The topological polar surface area (TPSA) is 167 Å². The summed E-state index contributed by atoms with van der Waals surface area (Å²) < 4.78 is 0. The fourth-order valence-electron chi connectivity index (χ4n) is 4.38. The number of carbonyl (C=O) groups excluding carboxylic acids is 4. The van der Waals surface area contributed by atoms with Gasteiger partial charge in [0.15, 0.2) is 5.78 Å². The van der Waals surface area contributed by atoms with Gasteiger partial charge in [0, 0.05) is 57.8 Å². The molecule has 0 unspecified atom stereocenters. The average Bonchev–Trinajstić information content (AvgIpc) is 3.68. The normalized spacial score (nSPS) is 13.9. The van der Waals surface area contributed by atoms with E-state index in [9.17, 15) is 19.2 Å². The van der Waals surface area contributed by atoms with E-state index in [1.165, 1.54) is 37.3 Å². The number of primary amides is 1. The highest BCUT2D eigenvalue weighted by atomic mass is 16.2. The Labute approximate surface area is 230 Å². The van der Waals surface area contributed by atoms with Crippen LogP contribution in [0.4, 0.5) is 11.4 Å². The molecule has 0 spiro atoms. The van der Waals surface area contributed by atoms with Gasteiger partial charge in [-0.2, -0.15) is 0 Å². The zero-order valence-electron chi connectivity index (χ0n) is 21.7. The molecule has 0 aromatic heterocycles. The van der Waals surface area contributed by atoms with Gasteiger partial charge in [0.2, 0.25) is 5.91 Å². The molecule has 0 aliphatic carbocycles. The Morgan fingerprint density at radius 2 is 1.12 bits per heavy atom. The molecule has 0 fully saturated rings. The van der Waals surface area contributed by atoms with Crippen molar-refractivity contribution in [1.82, 2.24) is 10.6 Å². The third-order valence-corrected chi connectivity index (χ3v) is 6.38. The molecule has 11 heteroatoms. The van der Waals surface area contributed by atoms with Crippen molar-refractivity contribution in [2.24, 2.45) is 15.7 Å². The maximum absolute atomic E-state index is 13.0. The fraction of sp³-hybridized carbons (Fsp3) is 0.172. The Morgan fingerprint density at radius 3 is 1.52 bits per heavy atom. The SMILES string of the molecule is CC(=O)c1cc(NC(=O)c2ccc(C(=O)Nc3cc(C(N)=O)cc(C4=NCCN4)c3)cc2)cc(C2=NCCN2)c1. The third kappa shape index (κ3) is 5.88. The summed E-state index contributed by atoms with van der Waals surface area (Å²) in [5.74, 6) is -0.280. The van der Waals surface area contributed by atoms with Crippen LogP contribution in [0.1, 0.15) is 59.5 Å². The minimum Gasteiger partial charge on any atom is -0.368 e. The molecule has 6 N–H and O–H groups in total. The smallest absolute Gasteiger partial charge is 0.255 e. The number of amides is 3. The van der Waals surface area contributed by atoms with Gasteiger partial charge in [-0.25, -0.2) is 0 Å². The summed E-state index contributed by atoms with van der Waals surface area (Å²) in [6, 6.07) is 16.1. The molecule has 0 radical (unpaired) electrons. The van der Waals surface area contributed by atoms with Crippen molar-refractivity contribution in [3.8, 4) is 0 Å². The summed E-state index contributed by atoms with van der Waals surface area (Å²) in [5.41, 5.74) is 9.01. The third-order valence-electron chi connectivity index (χ3n) is 6.38. The standard InChI is InChI=1S/C29H27N7O4/c1-16(37)19-10-21(26-31-6-7-32-26)14-23(12-19)35-28(39)17-2-4-18(5-3-17)29(40)36-24-13-20(25(30)38)11-22(15-24)27-33-8-9-34-27/h2-5,10-15H,6-9H2,1H3,(H2,30,38)(H,31,32)(H,33,34)(H,35,39)(H,36,40). The number of ketones is 1. The van der Waals surface area contributed by atoms with E-state index in [1.54, 1.807) is 30.3 Å². The van der Waals surface area contributed by atoms with E-state index >= 15 is 0 Å². The van der Waals surface area contributed by atoms with Crippen molar-refractivity contribution in [1.29, 1.82) is 0 Å². The van der Waals surface area contributed by atoms with Crippen LogP contribution in [0.2, 0.25) is 0 Å². The number of amidine groups is 2. The summed E-state index contributed by atoms with van der Waals surface area (Å²) in [6.45, 7) is 4.13. The fourth-order valence-corrected chi connectivity index (χ4v) is 4.38. The highest BCUT2D eigenvalue weighted by Crippen LogP contribution is 2.20. The molecule has 202 valence electrons. The highest BCUT2D eigenvalue weighted by molar-refractivity contribution is 6.10. The second kappa shape index (κ2) is 11.2. The molecule has 0 saturated heterocycles. The Bertz CT molecular complexity index is 1470. The van der Waals surface area contributed by atoms with E-state index in [0.29, 0.717) is 77.0 Å². The van der Waals surface area contributed by atoms with Gasteiger partial charge in [-0.3, -0.25) is 29.2 Å². The van der Waals surface area contributed by atoms with Crippen molar-refractivity contribution in [3.05, 3.63) is 94.0 Å². The number of carbonyl (C=O) groups is 4. The van der Waals surface area contributed by atoms with E-state index in [2.05, 4.69) is 31.3 Å². The van der Waals surface area contributed by atoms with E-state index in [1.807, 2.05) is 0 Å². The largest absolute Gasteiger partial charge is 0.368 e. The van der Waals surface area contributed by atoms with Crippen LogP contribution in [0, 0.1) is 0 Å². The Hall–Kier alpha value is -5.32. The summed E-state index contributed by atoms with van der Waals surface area (Å²) in [5, 5.41) is 11.9. The summed E-state index contributed by atoms with van der Waals surface area (Å²) in [6.07, 6.45) is 0. The van der Waals surface area contributed by atoms with Crippen LogP contribution in [0.15, 0.2) is 70.6 Å². The van der Waals surface area contributed by atoms with Crippen molar-refractivity contribution >= 4 is 46.6 Å². The predicted molar refractivity (Wildman–Crippen MR) is 153 cm³/mol. The zero-order chi connectivity index (χ0) is 28.2. The monoisotopic (exact) mass is 537 g/mol. The lowest BCUT2D eigenvalue weighted by molar-refractivity contribution is 0.0994. The van der Waals surface area contributed by atoms with Crippen LogP contribution >= 0.6 is 0 Å². The number of anilines is 2. The number of nitrogens with one attached hydrogen (secondary N) is 4. The van der Waals surface area contributed by atoms with Crippen LogP contribution in [0.25, 0.3) is 0 Å². The highest BCUT2D eigenvalue weighted by Gasteiger charge is 2.17. The molecular formula is C29H27N7O4. The molecule has 0 bridgehead atoms. The van der Waals surface area contributed by atoms with Crippen LogP contribution in [-0.4, -0.2) is 61.4 Å². The van der Waals surface area contributed by atoms with E-state index < -0.39 is 17.7 Å².